The fourth-order valence-corrected chi connectivity index (χ4v) is 1.74. The van der Waals surface area contributed by atoms with Gasteiger partial charge in [0.15, 0.2) is 0 Å². The molecule has 0 atom stereocenters. The second-order valence-corrected chi connectivity index (χ2v) is 6.13. The van der Waals surface area contributed by atoms with Crippen LogP contribution >= 0.6 is 0 Å². The quantitative estimate of drug-likeness (QED) is 0.788. The Morgan fingerprint density at radius 2 is 1.73 bits per heavy atom. The fourth-order valence-electron chi connectivity index (χ4n) is 1.25. The van der Waals surface area contributed by atoms with Gasteiger partial charge in [-0.1, -0.05) is 13.8 Å². The highest BCUT2D eigenvalue weighted by atomic mass is 32.2. The Morgan fingerprint density at radius 3 is 2.00 bits per heavy atom. The van der Waals surface area contributed by atoms with Crippen LogP contribution in [-0.4, -0.2) is 29.4 Å². The molecule has 86 valence electrons. The van der Waals surface area contributed by atoms with Crippen molar-refractivity contribution in [3.05, 3.63) is 5.82 Å². The molecule has 0 saturated heterocycles. The molecule has 0 aliphatic heterocycles. The second-order valence-electron chi connectivity index (χ2n) is 4.22. The highest BCUT2D eigenvalue weighted by Crippen LogP contribution is 2.18. The molecule has 15 heavy (non-hydrogen) atoms. The van der Waals surface area contributed by atoms with Crippen molar-refractivity contribution in [3.63, 3.8) is 0 Å². The van der Waals surface area contributed by atoms with Gasteiger partial charge in [0.25, 0.3) is 5.16 Å². The molecule has 1 heterocycles. The normalized spacial score (nSPS) is 12.7. The molecule has 6 heteroatoms. The van der Waals surface area contributed by atoms with Crippen LogP contribution in [0, 0.1) is 0 Å². The molecule has 1 rings (SSSR count). The van der Waals surface area contributed by atoms with E-state index in [1.165, 1.54) is 0 Å². The second kappa shape index (κ2) is 3.92. The third-order valence-corrected chi connectivity index (χ3v) is 2.81. The minimum absolute atomic E-state index is 0.0834. The zero-order chi connectivity index (χ0) is 11.8. The fraction of sp³-hybridized carbons (Fsp3) is 0.778. The van der Waals surface area contributed by atoms with Gasteiger partial charge in [0.05, 0.1) is 0 Å². The van der Waals surface area contributed by atoms with Gasteiger partial charge < -0.3 is 0 Å². The first kappa shape index (κ1) is 12.2. The number of hydrogen-bond acceptors (Lipinski definition) is 4. The van der Waals surface area contributed by atoms with E-state index in [4.69, 9.17) is 0 Å². The molecule has 0 saturated carbocycles. The maximum Gasteiger partial charge on any atom is 0.266 e. The van der Waals surface area contributed by atoms with E-state index in [2.05, 4.69) is 10.1 Å². The monoisotopic (exact) mass is 231 g/mol. The molecular formula is C9H17N3O2S. The molecule has 0 N–H and O–H groups in total. The summed E-state index contributed by atoms with van der Waals surface area (Å²) in [5.41, 5.74) is 0. The van der Waals surface area contributed by atoms with Crippen molar-refractivity contribution < 1.29 is 8.42 Å². The van der Waals surface area contributed by atoms with Crippen molar-refractivity contribution in [3.8, 4) is 0 Å². The van der Waals surface area contributed by atoms with Gasteiger partial charge >= 0.3 is 0 Å². The Kier molecular flexibility index (Phi) is 3.18. The van der Waals surface area contributed by atoms with Crippen LogP contribution in [0.2, 0.25) is 0 Å². The van der Waals surface area contributed by atoms with Crippen molar-refractivity contribution in [2.75, 3.05) is 6.26 Å². The lowest BCUT2D eigenvalue weighted by molar-refractivity contribution is 0.485. The van der Waals surface area contributed by atoms with Crippen LogP contribution in [-0.2, 0) is 9.84 Å². The summed E-state index contributed by atoms with van der Waals surface area (Å²) < 4.78 is 24.3. The van der Waals surface area contributed by atoms with Gasteiger partial charge in [-0.15, -0.1) is 5.10 Å². The van der Waals surface area contributed by atoms with Crippen LogP contribution < -0.4 is 0 Å². The zero-order valence-electron chi connectivity index (χ0n) is 9.72. The third-order valence-electron chi connectivity index (χ3n) is 1.98. The van der Waals surface area contributed by atoms with Crippen LogP contribution in [0.25, 0.3) is 0 Å². The highest BCUT2D eigenvalue weighted by molar-refractivity contribution is 7.90. The summed E-state index contributed by atoms with van der Waals surface area (Å²) in [5, 5.41) is 3.94. The van der Waals surface area contributed by atoms with Gasteiger partial charge in [-0.3, -0.25) is 0 Å². The van der Waals surface area contributed by atoms with Crippen molar-refractivity contribution >= 4 is 9.84 Å². The number of sulfone groups is 1. The van der Waals surface area contributed by atoms with Crippen LogP contribution in [0.15, 0.2) is 5.16 Å². The lowest BCUT2D eigenvalue weighted by Crippen LogP contribution is -2.09. The van der Waals surface area contributed by atoms with E-state index in [1.807, 2.05) is 27.7 Å². The summed E-state index contributed by atoms with van der Waals surface area (Å²) in [5.74, 6) is 0.876. The van der Waals surface area contributed by atoms with Crippen LogP contribution in [0.1, 0.15) is 45.5 Å². The van der Waals surface area contributed by atoms with Gasteiger partial charge in [0.2, 0.25) is 9.84 Å². The summed E-state index contributed by atoms with van der Waals surface area (Å²) in [6.07, 6.45) is 1.12. The smallest absolute Gasteiger partial charge is 0.246 e. The molecule has 1 aromatic rings. The molecular weight excluding hydrogens is 214 g/mol. The summed E-state index contributed by atoms with van der Waals surface area (Å²) in [4.78, 5) is 4.07. The SMILES string of the molecule is CC(C)c1nc(S(C)(=O)=O)nn1C(C)C. The Labute approximate surface area is 90.4 Å². The van der Waals surface area contributed by atoms with E-state index in [9.17, 15) is 8.42 Å². The van der Waals surface area contributed by atoms with E-state index in [0.29, 0.717) is 5.82 Å². The first-order chi connectivity index (χ1) is 6.73. The van der Waals surface area contributed by atoms with E-state index in [1.54, 1.807) is 4.68 Å². The summed E-state index contributed by atoms with van der Waals surface area (Å²) >= 11 is 0. The number of nitrogens with zero attached hydrogens (tertiary/aromatic N) is 3. The van der Waals surface area contributed by atoms with Crippen molar-refractivity contribution in [2.45, 2.75) is 44.8 Å². The van der Waals surface area contributed by atoms with E-state index in [-0.39, 0.29) is 17.1 Å². The maximum absolute atomic E-state index is 11.3. The zero-order valence-corrected chi connectivity index (χ0v) is 10.5. The first-order valence-electron chi connectivity index (χ1n) is 4.90. The Morgan fingerprint density at radius 1 is 1.20 bits per heavy atom. The first-order valence-corrected chi connectivity index (χ1v) is 6.79. The van der Waals surface area contributed by atoms with Crippen molar-refractivity contribution in [1.82, 2.24) is 14.8 Å². The summed E-state index contributed by atoms with van der Waals surface area (Å²) in [7, 11) is -3.31. The summed E-state index contributed by atoms with van der Waals surface area (Å²) in [6.45, 7) is 7.84. The third kappa shape index (κ3) is 2.56. The van der Waals surface area contributed by atoms with Gasteiger partial charge in [-0.25, -0.2) is 18.1 Å². The van der Waals surface area contributed by atoms with E-state index in [0.717, 1.165) is 6.26 Å². The van der Waals surface area contributed by atoms with E-state index >= 15 is 0 Å². The van der Waals surface area contributed by atoms with Gasteiger partial charge in [-0.2, -0.15) is 0 Å². The summed E-state index contributed by atoms with van der Waals surface area (Å²) in [6, 6.07) is 0.116. The molecule has 0 fully saturated rings. The molecule has 0 radical (unpaired) electrons. The average molecular weight is 231 g/mol. The Hall–Kier alpha value is -0.910. The predicted molar refractivity (Wildman–Crippen MR) is 57.6 cm³/mol. The maximum atomic E-state index is 11.3. The van der Waals surface area contributed by atoms with Crippen molar-refractivity contribution in [2.24, 2.45) is 0 Å². The molecule has 1 aromatic heterocycles. The molecule has 5 nitrogen and oxygen atoms in total. The standard InChI is InChI=1S/C9H17N3O2S/c1-6(2)8-10-9(15(5,13)14)11-12(8)7(3)4/h6-7H,1-5H3. The average Bonchev–Trinajstić information content (AvgIpc) is 2.45. The van der Waals surface area contributed by atoms with Crippen molar-refractivity contribution in [1.29, 1.82) is 0 Å². The van der Waals surface area contributed by atoms with Gasteiger partial charge in [0.1, 0.15) is 5.82 Å². The van der Waals surface area contributed by atoms with Crippen LogP contribution in [0.3, 0.4) is 0 Å². The van der Waals surface area contributed by atoms with Crippen LogP contribution in [0.4, 0.5) is 0 Å². The molecule has 0 bridgehead atoms. The number of rotatable bonds is 3. The Balaban J connectivity index is 3.34. The molecule has 0 spiro atoms. The Bertz CT molecular complexity index is 420. The van der Waals surface area contributed by atoms with Gasteiger partial charge in [0, 0.05) is 18.2 Å². The number of hydrogen-bond donors (Lipinski definition) is 0. The number of aromatic nitrogens is 3. The topological polar surface area (TPSA) is 64.8 Å². The largest absolute Gasteiger partial charge is 0.266 e. The van der Waals surface area contributed by atoms with E-state index < -0.39 is 9.84 Å². The molecule has 0 aliphatic carbocycles. The molecule has 0 aliphatic rings. The molecule has 0 unspecified atom stereocenters. The molecule has 0 amide bonds. The minimum Gasteiger partial charge on any atom is -0.246 e. The lowest BCUT2D eigenvalue weighted by Gasteiger charge is -2.10. The molecule has 0 aromatic carbocycles. The minimum atomic E-state index is -3.31. The lowest BCUT2D eigenvalue weighted by atomic mass is 10.2. The highest BCUT2D eigenvalue weighted by Gasteiger charge is 2.20. The van der Waals surface area contributed by atoms with Gasteiger partial charge in [-0.05, 0) is 13.8 Å². The van der Waals surface area contributed by atoms with Crippen LogP contribution in [0.5, 0.6) is 0 Å². The predicted octanol–water partition coefficient (Wildman–Crippen LogP) is 1.39.